The van der Waals surface area contributed by atoms with Crippen molar-refractivity contribution in [2.75, 3.05) is 14.2 Å². The van der Waals surface area contributed by atoms with Crippen molar-refractivity contribution in [2.45, 2.75) is 6.61 Å². The summed E-state index contributed by atoms with van der Waals surface area (Å²) in [6, 6.07) is 1.74. The van der Waals surface area contributed by atoms with E-state index in [9.17, 15) is 0 Å². The molecule has 0 aliphatic carbocycles. The molecule has 1 heterocycles. The summed E-state index contributed by atoms with van der Waals surface area (Å²) in [6.07, 6.45) is 1.45. The van der Waals surface area contributed by atoms with Crippen molar-refractivity contribution in [2.24, 2.45) is 0 Å². The van der Waals surface area contributed by atoms with Crippen molar-refractivity contribution < 1.29 is 9.47 Å². The van der Waals surface area contributed by atoms with E-state index in [-0.39, 0.29) is 0 Å². The van der Waals surface area contributed by atoms with Crippen LogP contribution in [0.2, 0.25) is 0 Å². The second-order valence-electron chi connectivity index (χ2n) is 1.98. The van der Waals surface area contributed by atoms with E-state index >= 15 is 0 Å². The van der Waals surface area contributed by atoms with Crippen molar-refractivity contribution in [1.29, 1.82) is 0 Å². The molecule has 0 N–H and O–H groups in total. The zero-order chi connectivity index (χ0) is 8.10. The maximum Gasteiger partial charge on any atom is 0.216 e. The molecule has 0 aliphatic rings. The Labute approximate surface area is 65.2 Å². The van der Waals surface area contributed by atoms with Gasteiger partial charge in [-0.2, -0.15) is 0 Å². The number of methoxy groups -OCH3 is 2. The summed E-state index contributed by atoms with van der Waals surface area (Å²) in [6.45, 7) is 0.485. The normalized spacial score (nSPS) is 9.64. The summed E-state index contributed by atoms with van der Waals surface area (Å²) < 4.78 is 9.78. The molecule has 0 saturated heterocycles. The SMILES string of the molecule is COCc1cc(OC)ncn1. The average Bonchev–Trinajstić information content (AvgIpc) is 2.06. The zero-order valence-corrected chi connectivity index (χ0v) is 6.57. The molecule has 0 radical (unpaired) electrons. The van der Waals surface area contributed by atoms with Crippen molar-refractivity contribution in [1.82, 2.24) is 9.97 Å². The first-order valence-electron chi connectivity index (χ1n) is 3.20. The van der Waals surface area contributed by atoms with Crippen LogP contribution in [-0.4, -0.2) is 24.2 Å². The number of hydrogen-bond donors (Lipinski definition) is 0. The number of aromatic nitrogens is 2. The summed E-state index contributed by atoms with van der Waals surface area (Å²) in [5, 5.41) is 0. The Balaban J connectivity index is 2.74. The van der Waals surface area contributed by atoms with E-state index in [4.69, 9.17) is 9.47 Å². The van der Waals surface area contributed by atoms with Crippen molar-refractivity contribution >= 4 is 0 Å². The van der Waals surface area contributed by atoms with Gasteiger partial charge in [0.15, 0.2) is 0 Å². The van der Waals surface area contributed by atoms with Crippen molar-refractivity contribution in [3.05, 3.63) is 18.1 Å². The van der Waals surface area contributed by atoms with Crippen LogP contribution in [0.1, 0.15) is 5.69 Å². The molecule has 1 aromatic rings. The first-order chi connectivity index (χ1) is 5.36. The highest BCUT2D eigenvalue weighted by Gasteiger charge is 1.96. The van der Waals surface area contributed by atoms with Crippen LogP contribution in [0.15, 0.2) is 12.4 Å². The van der Waals surface area contributed by atoms with Crippen LogP contribution in [0, 0.1) is 0 Å². The van der Waals surface area contributed by atoms with E-state index in [1.54, 1.807) is 20.3 Å². The van der Waals surface area contributed by atoms with Gasteiger partial charge in [-0.1, -0.05) is 0 Å². The zero-order valence-electron chi connectivity index (χ0n) is 6.57. The average molecular weight is 154 g/mol. The fourth-order valence-electron chi connectivity index (χ4n) is 0.715. The Bertz CT molecular complexity index is 227. The van der Waals surface area contributed by atoms with Crippen molar-refractivity contribution in [3.8, 4) is 5.88 Å². The molecule has 0 aromatic carbocycles. The maximum atomic E-state index is 4.89. The number of rotatable bonds is 3. The van der Waals surface area contributed by atoms with Crippen molar-refractivity contribution in [3.63, 3.8) is 0 Å². The van der Waals surface area contributed by atoms with Gasteiger partial charge >= 0.3 is 0 Å². The molecular weight excluding hydrogens is 144 g/mol. The van der Waals surface area contributed by atoms with E-state index in [0.29, 0.717) is 12.5 Å². The summed E-state index contributed by atoms with van der Waals surface area (Å²) >= 11 is 0. The molecule has 0 saturated carbocycles. The minimum Gasteiger partial charge on any atom is -0.481 e. The third-order valence-electron chi connectivity index (χ3n) is 1.20. The fraction of sp³-hybridized carbons (Fsp3) is 0.429. The lowest BCUT2D eigenvalue weighted by atomic mass is 10.4. The van der Waals surface area contributed by atoms with Crippen LogP contribution >= 0.6 is 0 Å². The fourth-order valence-corrected chi connectivity index (χ4v) is 0.715. The molecule has 0 unspecified atom stereocenters. The highest BCUT2D eigenvalue weighted by Crippen LogP contribution is 2.05. The molecule has 4 nitrogen and oxygen atoms in total. The Morgan fingerprint density at radius 2 is 2.18 bits per heavy atom. The number of ether oxygens (including phenoxy) is 2. The lowest BCUT2D eigenvalue weighted by Crippen LogP contribution is -1.95. The highest BCUT2D eigenvalue weighted by atomic mass is 16.5. The van der Waals surface area contributed by atoms with Crippen LogP contribution in [0.5, 0.6) is 5.88 Å². The van der Waals surface area contributed by atoms with Gasteiger partial charge in [-0.3, -0.25) is 0 Å². The van der Waals surface area contributed by atoms with E-state index in [1.165, 1.54) is 6.33 Å². The van der Waals surface area contributed by atoms with Crippen LogP contribution in [0.4, 0.5) is 0 Å². The van der Waals surface area contributed by atoms with Gasteiger partial charge < -0.3 is 9.47 Å². The standard InChI is InChI=1S/C7H10N2O2/c1-10-4-6-3-7(11-2)9-5-8-6/h3,5H,4H2,1-2H3. The largest absolute Gasteiger partial charge is 0.481 e. The molecule has 0 aliphatic heterocycles. The summed E-state index contributed by atoms with van der Waals surface area (Å²) in [7, 11) is 3.19. The van der Waals surface area contributed by atoms with E-state index in [1.807, 2.05) is 0 Å². The van der Waals surface area contributed by atoms with E-state index < -0.39 is 0 Å². The molecule has 0 spiro atoms. The van der Waals surface area contributed by atoms with Crippen LogP contribution in [0.3, 0.4) is 0 Å². The summed E-state index contributed by atoms with van der Waals surface area (Å²) in [5.41, 5.74) is 0.819. The predicted octanol–water partition coefficient (Wildman–Crippen LogP) is 0.632. The van der Waals surface area contributed by atoms with Gasteiger partial charge in [0.1, 0.15) is 6.33 Å². The third-order valence-corrected chi connectivity index (χ3v) is 1.20. The molecule has 60 valence electrons. The topological polar surface area (TPSA) is 44.2 Å². The van der Waals surface area contributed by atoms with Gasteiger partial charge in [-0.25, -0.2) is 9.97 Å². The second-order valence-corrected chi connectivity index (χ2v) is 1.98. The molecule has 11 heavy (non-hydrogen) atoms. The first-order valence-corrected chi connectivity index (χ1v) is 3.20. The molecule has 0 fully saturated rings. The predicted molar refractivity (Wildman–Crippen MR) is 39.3 cm³/mol. The van der Waals surface area contributed by atoms with E-state index in [2.05, 4.69) is 9.97 Å². The lowest BCUT2D eigenvalue weighted by Gasteiger charge is -2.00. The van der Waals surface area contributed by atoms with Crippen LogP contribution < -0.4 is 4.74 Å². The Morgan fingerprint density at radius 3 is 2.82 bits per heavy atom. The summed E-state index contributed by atoms with van der Waals surface area (Å²) in [4.78, 5) is 7.81. The number of nitrogens with zero attached hydrogens (tertiary/aromatic N) is 2. The molecule has 0 bridgehead atoms. The van der Waals surface area contributed by atoms with Gasteiger partial charge in [0.2, 0.25) is 5.88 Å². The molecule has 1 rings (SSSR count). The van der Waals surface area contributed by atoms with Crippen LogP contribution in [0.25, 0.3) is 0 Å². The van der Waals surface area contributed by atoms with Gasteiger partial charge in [0.25, 0.3) is 0 Å². The quantitative estimate of drug-likeness (QED) is 0.640. The molecule has 0 amide bonds. The Morgan fingerprint density at radius 1 is 1.36 bits per heavy atom. The Kier molecular flexibility index (Phi) is 2.80. The second kappa shape index (κ2) is 3.88. The van der Waals surface area contributed by atoms with Gasteiger partial charge in [-0.15, -0.1) is 0 Å². The van der Waals surface area contributed by atoms with E-state index in [0.717, 1.165) is 5.69 Å². The summed E-state index contributed by atoms with van der Waals surface area (Å²) in [5.74, 6) is 0.562. The molecule has 1 aromatic heterocycles. The first kappa shape index (κ1) is 7.94. The Hall–Kier alpha value is -1.16. The molecule has 0 atom stereocenters. The monoisotopic (exact) mass is 154 g/mol. The lowest BCUT2D eigenvalue weighted by molar-refractivity contribution is 0.181. The third kappa shape index (κ3) is 2.16. The minimum atomic E-state index is 0.485. The minimum absolute atomic E-state index is 0.485. The maximum absolute atomic E-state index is 4.89. The number of hydrogen-bond acceptors (Lipinski definition) is 4. The smallest absolute Gasteiger partial charge is 0.216 e. The van der Waals surface area contributed by atoms with Gasteiger partial charge in [0, 0.05) is 13.2 Å². The van der Waals surface area contributed by atoms with Gasteiger partial charge in [-0.05, 0) is 0 Å². The highest BCUT2D eigenvalue weighted by molar-refractivity contribution is 5.12. The van der Waals surface area contributed by atoms with Crippen LogP contribution in [-0.2, 0) is 11.3 Å². The molecular formula is C7H10N2O2. The van der Waals surface area contributed by atoms with Gasteiger partial charge in [0.05, 0.1) is 19.4 Å². The molecule has 4 heteroatoms.